The van der Waals surface area contributed by atoms with Crippen LogP contribution in [0.2, 0.25) is 0 Å². The molecule has 2 heterocycles. The fourth-order valence-electron chi connectivity index (χ4n) is 2.68. The van der Waals surface area contributed by atoms with Gasteiger partial charge in [-0.05, 0) is 37.3 Å². The Kier molecular flexibility index (Phi) is 4.04. The topological polar surface area (TPSA) is 60.7 Å². The Balaban J connectivity index is 1.71. The first-order chi connectivity index (χ1) is 10.6. The van der Waals surface area contributed by atoms with E-state index in [-0.39, 0.29) is 24.1 Å². The zero-order valence-electron chi connectivity index (χ0n) is 12.5. The van der Waals surface area contributed by atoms with Crippen molar-refractivity contribution in [2.24, 2.45) is 5.92 Å². The van der Waals surface area contributed by atoms with Gasteiger partial charge in [-0.15, -0.1) is 0 Å². The van der Waals surface area contributed by atoms with Gasteiger partial charge in [-0.1, -0.05) is 18.2 Å². The van der Waals surface area contributed by atoms with Crippen LogP contribution in [0.4, 0.5) is 0 Å². The lowest BCUT2D eigenvalue weighted by atomic mass is 10.1. The molecule has 0 aromatic carbocycles. The highest BCUT2D eigenvalue weighted by molar-refractivity contribution is 5.70. The molecule has 0 fully saturated rings. The summed E-state index contributed by atoms with van der Waals surface area (Å²) in [6.07, 6.45) is 8.25. The molecular formula is C17H18N2O3. The maximum absolute atomic E-state index is 12.0. The lowest BCUT2D eigenvalue weighted by Gasteiger charge is -2.09. The van der Waals surface area contributed by atoms with Crippen LogP contribution >= 0.6 is 0 Å². The number of hydrogen-bond donors (Lipinski definition) is 0. The SMILES string of the molecule is Cc1cccn2c(=O)cc(COC(=O)C[C@H]3C=CCC3)nc12. The number of aromatic nitrogens is 2. The molecule has 0 unspecified atom stereocenters. The van der Waals surface area contributed by atoms with Crippen molar-refractivity contribution in [3.8, 4) is 0 Å². The molecule has 2 aromatic rings. The van der Waals surface area contributed by atoms with E-state index in [0.29, 0.717) is 17.8 Å². The Labute approximate surface area is 128 Å². The summed E-state index contributed by atoms with van der Waals surface area (Å²) in [6, 6.07) is 5.11. The molecule has 0 bridgehead atoms. The van der Waals surface area contributed by atoms with Crippen molar-refractivity contribution in [2.45, 2.75) is 32.8 Å². The van der Waals surface area contributed by atoms with Gasteiger partial charge in [0.15, 0.2) is 0 Å². The van der Waals surface area contributed by atoms with Crippen molar-refractivity contribution in [1.82, 2.24) is 9.38 Å². The average molecular weight is 298 g/mol. The lowest BCUT2D eigenvalue weighted by molar-refractivity contribution is -0.145. The normalized spacial score (nSPS) is 17.0. The molecule has 0 saturated heterocycles. The fraction of sp³-hybridized carbons (Fsp3) is 0.353. The van der Waals surface area contributed by atoms with Crippen LogP contribution in [0.1, 0.15) is 30.5 Å². The molecule has 1 aliphatic rings. The minimum atomic E-state index is -0.247. The van der Waals surface area contributed by atoms with Gasteiger partial charge in [0.2, 0.25) is 0 Å². The maximum atomic E-state index is 12.0. The summed E-state index contributed by atoms with van der Waals surface area (Å²) >= 11 is 0. The molecule has 0 N–H and O–H groups in total. The minimum Gasteiger partial charge on any atom is -0.459 e. The second-order valence-electron chi connectivity index (χ2n) is 5.60. The molecule has 0 radical (unpaired) electrons. The number of allylic oxidation sites excluding steroid dienone is 2. The number of esters is 1. The quantitative estimate of drug-likeness (QED) is 0.642. The first-order valence-electron chi connectivity index (χ1n) is 7.43. The molecular weight excluding hydrogens is 280 g/mol. The molecule has 114 valence electrons. The number of nitrogens with zero attached hydrogens (tertiary/aromatic N) is 2. The molecule has 2 aromatic heterocycles. The van der Waals surface area contributed by atoms with Crippen molar-refractivity contribution in [2.75, 3.05) is 0 Å². The largest absolute Gasteiger partial charge is 0.459 e. The molecule has 0 saturated carbocycles. The highest BCUT2D eigenvalue weighted by Gasteiger charge is 2.15. The second kappa shape index (κ2) is 6.13. The number of hydrogen-bond acceptors (Lipinski definition) is 4. The third-order valence-electron chi connectivity index (χ3n) is 3.86. The Morgan fingerprint density at radius 1 is 1.50 bits per heavy atom. The molecule has 5 nitrogen and oxygen atoms in total. The Morgan fingerprint density at radius 3 is 3.14 bits per heavy atom. The first kappa shape index (κ1) is 14.5. The molecule has 1 aliphatic carbocycles. The molecule has 0 amide bonds. The zero-order valence-corrected chi connectivity index (χ0v) is 12.5. The number of pyridine rings is 1. The number of ether oxygens (including phenoxy) is 1. The van der Waals surface area contributed by atoms with E-state index in [9.17, 15) is 9.59 Å². The van der Waals surface area contributed by atoms with Crippen molar-refractivity contribution < 1.29 is 9.53 Å². The van der Waals surface area contributed by atoms with Crippen molar-refractivity contribution >= 4 is 11.6 Å². The molecule has 22 heavy (non-hydrogen) atoms. The Bertz CT molecular complexity index is 792. The molecule has 0 spiro atoms. The van der Waals surface area contributed by atoms with E-state index >= 15 is 0 Å². The van der Waals surface area contributed by atoms with Crippen LogP contribution in [0.15, 0.2) is 41.3 Å². The van der Waals surface area contributed by atoms with E-state index in [1.165, 1.54) is 10.5 Å². The van der Waals surface area contributed by atoms with Crippen LogP contribution in [-0.2, 0) is 16.1 Å². The predicted molar refractivity (Wildman–Crippen MR) is 82.5 cm³/mol. The summed E-state index contributed by atoms with van der Waals surface area (Å²) in [5.41, 5.74) is 1.82. The summed E-state index contributed by atoms with van der Waals surface area (Å²) in [5.74, 6) is 0.0354. The lowest BCUT2D eigenvalue weighted by Crippen LogP contribution is -2.17. The van der Waals surface area contributed by atoms with E-state index in [1.807, 2.05) is 13.0 Å². The highest BCUT2D eigenvalue weighted by Crippen LogP contribution is 2.20. The van der Waals surface area contributed by atoms with E-state index in [4.69, 9.17) is 4.74 Å². The van der Waals surface area contributed by atoms with Gasteiger partial charge in [-0.3, -0.25) is 14.0 Å². The van der Waals surface area contributed by atoms with E-state index in [0.717, 1.165) is 18.4 Å². The van der Waals surface area contributed by atoms with Crippen LogP contribution in [0, 0.1) is 12.8 Å². The smallest absolute Gasteiger partial charge is 0.306 e. The van der Waals surface area contributed by atoms with Crippen LogP contribution in [0.25, 0.3) is 5.65 Å². The van der Waals surface area contributed by atoms with E-state index < -0.39 is 0 Å². The van der Waals surface area contributed by atoms with Gasteiger partial charge in [-0.2, -0.15) is 0 Å². The van der Waals surface area contributed by atoms with Crippen molar-refractivity contribution in [1.29, 1.82) is 0 Å². The van der Waals surface area contributed by atoms with Gasteiger partial charge in [0.1, 0.15) is 12.3 Å². The van der Waals surface area contributed by atoms with Gasteiger partial charge < -0.3 is 4.74 Å². The summed E-state index contributed by atoms with van der Waals surface area (Å²) in [6.45, 7) is 1.93. The van der Waals surface area contributed by atoms with Crippen LogP contribution in [0.3, 0.4) is 0 Å². The van der Waals surface area contributed by atoms with Gasteiger partial charge in [0.25, 0.3) is 5.56 Å². The fourth-order valence-corrected chi connectivity index (χ4v) is 2.68. The Hall–Kier alpha value is -2.43. The number of carbonyl (C=O) groups excluding carboxylic acids is 1. The second-order valence-corrected chi connectivity index (χ2v) is 5.60. The molecule has 0 aliphatic heterocycles. The first-order valence-corrected chi connectivity index (χ1v) is 7.43. The third kappa shape index (κ3) is 3.08. The van der Waals surface area contributed by atoms with Gasteiger partial charge in [-0.25, -0.2) is 4.98 Å². The molecule has 5 heteroatoms. The molecule has 3 rings (SSSR count). The van der Waals surface area contributed by atoms with Crippen molar-refractivity contribution in [3.05, 3.63) is 58.2 Å². The summed E-state index contributed by atoms with van der Waals surface area (Å²) < 4.78 is 6.74. The maximum Gasteiger partial charge on any atom is 0.306 e. The van der Waals surface area contributed by atoms with Crippen LogP contribution < -0.4 is 5.56 Å². The number of carbonyl (C=O) groups is 1. The summed E-state index contributed by atoms with van der Waals surface area (Å²) in [5, 5.41) is 0. The van der Waals surface area contributed by atoms with Crippen LogP contribution in [0.5, 0.6) is 0 Å². The van der Waals surface area contributed by atoms with E-state index in [2.05, 4.69) is 17.1 Å². The van der Waals surface area contributed by atoms with Gasteiger partial charge in [0.05, 0.1) is 12.1 Å². The van der Waals surface area contributed by atoms with E-state index in [1.54, 1.807) is 12.3 Å². The monoisotopic (exact) mass is 298 g/mol. The highest BCUT2D eigenvalue weighted by atomic mass is 16.5. The standard InChI is InChI=1S/C17H18N2O3/c1-12-5-4-8-19-15(20)10-14(18-17(12)19)11-22-16(21)9-13-6-2-3-7-13/h2,4-6,8,10,13H,3,7,9,11H2,1H3/t13-/m0/s1. The predicted octanol–water partition coefficient (Wildman–Crippen LogP) is 2.40. The molecule has 1 atom stereocenters. The number of aryl methyl sites for hydroxylation is 1. The van der Waals surface area contributed by atoms with Gasteiger partial charge in [0, 0.05) is 12.3 Å². The average Bonchev–Trinajstić information content (AvgIpc) is 2.99. The summed E-state index contributed by atoms with van der Waals surface area (Å²) in [7, 11) is 0. The minimum absolute atomic E-state index is 0.0370. The zero-order chi connectivity index (χ0) is 15.5. The van der Waals surface area contributed by atoms with Crippen LogP contribution in [-0.4, -0.2) is 15.4 Å². The third-order valence-corrected chi connectivity index (χ3v) is 3.86. The van der Waals surface area contributed by atoms with Gasteiger partial charge >= 0.3 is 5.97 Å². The Morgan fingerprint density at radius 2 is 2.36 bits per heavy atom. The number of rotatable bonds is 4. The summed E-state index contributed by atoms with van der Waals surface area (Å²) in [4.78, 5) is 28.3. The number of fused-ring (bicyclic) bond motifs is 1. The van der Waals surface area contributed by atoms with Crippen molar-refractivity contribution in [3.63, 3.8) is 0 Å².